The molecule has 0 aliphatic rings. The van der Waals surface area contributed by atoms with Crippen molar-refractivity contribution in [3.05, 3.63) is 75.8 Å². The summed E-state index contributed by atoms with van der Waals surface area (Å²) in [7, 11) is 0. The third-order valence-corrected chi connectivity index (χ3v) is 4.03. The number of aromatic nitrogens is 2. The molecule has 0 aliphatic carbocycles. The van der Waals surface area contributed by atoms with Crippen molar-refractivity contribution in [1.82, 2.24) is 9.97 Å². The molecule has 0 spiro atoms. The first-order valence-electron chi connectivity index (χ1n) is 8.27. The molecule has 3 aromatic rings. The number of carbonyl (C=O) groups excluding carboxylic acids is 1. The first-order chi connectivity index (χ1) is 12.8. The Bertz CT molecular complexity index is 1000. The molecule has 0 aliphatic heterocycles. The fraction of sp³-hybridized carbons (Fsp3) is 0.150. The molecule has 0 bridgehead atoms. The highest BCUT2D eigenvalue weighted by Gasteiger charge is 2.12. The minimum atomic E-state index is -0.549. The van der Waals surface area contributed by atoms with Gasteiger partial charge >= 0.3 is 0 Å². The maximum Gasteiger partial charge on any atom is 0.274 e. The molecule has 7 heteroatoms. The van der Waals surface area contributed by atoms with Crippen molar-refractivity contribution in [2.75, 3.05) is 10.6 Å². The quantitative estimate of drug-likeness (QED) is 0.649. The molecule has 27 heavy (non-hydrogen) atoms. The van der Waals surface area contributed by atoms with Crippen LogP contribution in [0.1, 0.15) is 27.3 Å². The molecule has 0 saturated heterocycles. The Kier molecular flexibility index (Phi) is 5.37. The maximum atomic E-state index is 13.3. The Morgan fingerprint density at radius 3 is 2.33 bits per heavy atom. The number of hydrogen-bond donors (Lipinski definition) is 2. The monoisotopic (exact) mass is 384 g/mol. The molecule has 0 saturated carbocycles. The van der Waals surface area contributed by atoms with Gasteiger partial charge in [0.2, 0.25) is 5.95 Å². The molecule has 0 atom stereocenters. The number of amides is 1. The van der Waals surface area contributed by atoms with E-state index in [0.29, 0.717) is 17.3 Å². The molecule has 3 rings (SSSR count). The summed E-state index contributed by atoms with van der Waals surface area (Å²) >= 11 is 5.75. The Hall–Kier alpha value is -2.99. The minimum absolute atomic E-state index is 0.0659. The molecular weight excluding hydrogens is 367 g/mol. The molecule has 2 aromatic carbocycles. The molecule has 0 radical (unpaired) electrons. The fourth-order valence-corrected chi connectivity index (χ4v) is 2.87. The Morgan fingerprint density at radius 2 is 1.67 bits per heavy atom. The van der Waals surface area contributed by atoms with Crippen molar-refractivity contribution in [2.24, 2.45) is 0 Å². The van der Waals surface area contributed by atoms with Gasteiger partial charge in [0.25, 0.3) is 5.91 Å². The highest BCUT2D eigenvalue weighted by Crippen LogP contribution is 2.21. The molecule has 1 aromatic heterocycles. The fourth-order valence-electron chi connectivity index (χ4n) is 2.69. The maximum absolute atomic E-state index is 13.3. The summed E-state index contributed by atoms with van der Waals surface area (Å²) in [5.74, 6) is -0.665. The first kappa shape index (κ1) is 18.8. The van der Waals surface area contributed by atoms with E-state index in [4.69, 9.17) is 11.6 Å². The van der Waals surface area contributed by atoms with Crippen LogP contribution < -0.4 is 10.6 Å². The lowest BCUT2D eigenvalue weighted by Crippen LogP contribution is -2.15. The first-order valence-corrected chi connectivity index (χ1v) is 8.65. The number of carbonyl (C=O) groups is 1. The number of benzene rings is 2. The smallest absolute Gasteiger partial charge is 0.274 e. The number of nitrogens with one attached hydrogen (secondary N) is 2. The number of anilines is 3. The van der Waals surface area contributed by atoms with Gasteiger partial charge in [0, 0.05) is 17.1 Å². The van der Waals surface area contributed by atoms with E-state index in [2.05, 4.69) is 26.7 Å². The average Bonchev–Trinajstić information content (AvgIpc) is 2.56. The van der Waals surface area contributed by atoms with E-state index in [1.54, 1.807) is 13.0 Å². The standard InChI is InChI=1S/C20H18ClFN4O/c1-11-6-12(2)8-15(7-11)25-20-23-13(3)9-18(26-20)19(27)24-14-4-5-17(22)16(21)10-14/h4-10H,1-3H3,(H,24,27)(H,23,25,26). The highest BCUT2D eigenvalue weighted by molar-refractivity contribution is 6.31. The van der Waals surface area contributed by atoms with Crippen molar-refractivity contribution in [2.45, 2.75) is 20.8 Å². The van der Waals surface area contributed by atoms with Crippen LogP contribution in [0.2, 0.25) is 5.02 Å². The van der Waals surface area contributed by atoms with Gasteiger partial charge in [-0.2, -0.15) is 0 Å². The third-order valence-electron chi connectivity index (χ3n) is 3.74. The summed E-state index contributed by atoms with van der Waals surface area (Å²) in [6.45, 7) is 5.78. The zero-order valence-electron chi connectivity index (χ0n) is 15.1. The Morgan fingerprint density at radius 1 is 0.963 bits per heavy atom. The second kappa shape index (κ2) is 7.72. The van der Waals surface area contributed by atoms with Gasteiger partial charge in [0.1, 0.15) is 11.5 Å². The van der Waals surface area contributed by atoms with Crippen LogP contribution in [0.15, 0.2) is 42.5 Å². The van der Waals surface area contributed by atoms with Gasteiger partial charge in [-0.3, -0.25) is 4.79 Å². The molecule has 0 fully saturated rings. The van der Waals surface area contributed by atoms with Crippen LogP contribution in [0.3, 0.4) is 0 Å². The van der Waals surface area contributed by atoms with Crippen molar-refractivity contribution in [3.63, 3.8) is 0 Å². The second-order valence-corrected chi connectivity index (χ2v) is 6.71. The molecule has 1 amide bonds. The van der Waals surface area contributed by atoms with E-state index in [-0.39, 0.29) is 10.7 Å². The number of halogens is 2. The van der Waals surface area contributed by atoms with Crippen molar-refractivity contribution >= 4 is 34.8 Å². The molecule has 0 unspecified atom stereocenters. The van der Waals surface area contributed by atoms with Crippen LogP contribution in [-0.2, 0) is 0 Å². The molecular formula is C20H18ClFN4O. The lowest BCUT2D eigenvalue weighted by Gasteiger charge is -2.10. The van der Waals surface area contributed by atoms with Crippen LogP contribution in [0.4, 0.5) is 21.7 Å². The topological polar surface area (TPSA) is 66.9 Å². The van der Waals surface area contributed by atoms with Crippen LogP contribution >= 0.6 is 11.6 Å². The summed E-state index contributed by atoms with van der Waals surface area (Å²) in [4.78, 5) is 21.1. The summed E-state index contributed by atoms with van der Waals surface area (Å²) < 4.78 is 13.3. The van der Waals surface area contributed by atoms with E-state index in [1.165, 1.54) is 18.2 Å². The van der Waals surface area contributed by atoms with E-state index in [9.17, 15) is 9.18 Å². The Labute approximate surface area is 161 Å². The normalized spacial score (nSPS) is 10.6. The second-order valence-electron chi connectivity index (χ2n) is 6.30. The van der Waals surface area contributed by atoms with E-state index in [0.717, 1.165) is 16.8 Å². The number of aryl methyl sites for hydroxylation is 3. The summed E-state index contributed by atoms with van der Waals surface area (Å²) in [6, 6.07) is 11.6. The van der Waals surface area contributed by atoms with Crippen LogP contribution in [0.25, 0.3) is 0 Å². The van der Waals surface area contributed by atoms with Gasteiger partial charge in [0.05, 0.1) is 5.02 Å². The van der Waals surface area contributed by atoms with Gasteiger partial charge in [-0.15, -0.1) is 0 Å². The SMILES string of the molecule is Cc1cc(C)cc(Nc2nc(C)cc(C(=O)Nc3ccc(F)c(Cl)c3)n2)c1. The van der Waals surface area contributed by atoms with Crippen LogP contribution in [0.5, 0.6) is 0 Å². The predicted octanol–water partition coefficient (Wildman–Crippen LogP) is 5.19. The molecule has 5 nitrogen and oxygen atoms in total. The molecule has 2 N–H and O–H groups in total. The van der Waals surface area contributed by atoms with Crippen molar-refractivity contribution in [1.29, 1.82) is 0 Å². The van der Waals surface area contributed by atoms with E-state index < -0.39 is 11.7 Å². The van der Waals surface area contributed by atoms with Gasteiger partial charge in [-0.25, -0.2) is 14.4 Å². The van der Waals surface area contributed by atoms with Crippen molar-refractivity contribution < 1.29 is 9.18 Å². The number of rotatable bonds is 4. The van der Waals surface area contributed by atoms with Crippen molar-refractivity contribution in [3.8, 4) is 0 Å². The van der Waals surface area contributed by atoms with Gasteiger partial charge in [-0.1, -0.05) is 17.7 Å². The summed E-state index contributed by atoms with van der Waals surface area (Å²) in [5, 5.41) is 5.72. The Balaban J connectivity index is 1.83. The summed E-state index contributed by atoms with van der Waals surface area (Å²) in [6.07, 6.45) is 0. The highest BCUT2D eigenvalue weighted by atomic mass is 35.5. The number of hydrogen-bond acceptors (Lipinski definition) is 4. The van der Waals surface area contributed by atoms with Gasteiger partial charge in [0.15, 0.2) is 0 Å². The number of nitrogens with zero attached hydrogens (tertiary/aromatic N) is 2. The van der Waals surface area contributed by atoms with Crippen LogP contribution in [-0.4, -0.2) is 15.9 Å². The average molecular weight is 385 g/mol. The minimum Gasteiger partial charge on any atom is -0.324 e. The predicted molar refractivity (Wildman–Crippen MR) is 105 cm³/mol. The zero-order valence-corrected chi connectivity index (χ0v) is 15.9. The van der Waals surface area contributed by atoms with E-state index in [1.807, 2.05) is 26.0 Å². The third kappa shape index (κ3) is 4.80. The van der Waals surface area contributed by atoms with E-state index >= 15 is 0 Å². The molecule has 1 heterocycles. The lowest BCUT2D eigenvalue weighted by molar-refractivity contribution is 0.102. The lowest BCUT2D eigenvalue weighted by atomic mass is 10.1. The molecule has 138 valence electrons. The van der Waals surface area contributed by atoms with Gasteiger partial charge in [-0.05, 0) is 68.3 Å². The zero-order chi connectivity index (χ0) is 19.6. The van der Waals surface area contributed by atoms with Crippen LogP contribution in [0, 0.1) is 26.6 Å². The summed E-state index contributed by atoms with van der Waals surface area (Å²) in [5.41, 5.74) is 4.27. The van der Waals surface area contributed by atoms with Gasteiger partial charge < -0.3 is 10.6 Å². The largest absolute Gasteiger partial charge is 0.324 e.